The van der Waals surface area contributed by atoms with Crippen molar-refractivity contribution in [2.45, 2.75) is 13.5 Å². The molecule has 0 radical (unpaired) electrons. The van der Waals surface area contributed by atoms with Gasteiger partial charge >= 0.3 is 0 Å². The van der Waals surface area contributed by atoms with Gasteiger partial charge in [-0.25, -0.2) is 4.98 Å². The lowest BCUT2D eigenvalue weighted by Crippen LogP contribution is -2.35. The zero-order chi connectivity index (χ0) is 12.9. The Balaban J connectivity index is 2.76. The van der Waals surface area contributed by atoms with Crippen LogP contribution in [0.1, 0.15) is 12.5 Å². The van der Waals surface area contributed by atoms with E-state index < -0.39 is 10.2 Å². The number of nitrogens with zero attached hydrogens (tertiary/aromatic N) is 2. The highest BCUT2D eigenvalue weighted by Gasteiger charge is 2.14. The maximum absolute atomic E-state index is 11.5. The quantitative estimate of drug-likeness (QED) is 0.801. The van der Waals surface area contributed by atoms with Crippen LogP contribution in [0.15, 0.2) is 18.3 Å². The van der Waals surface area contributed by atoms with E-state index in [4.69, 9.17) is 4.74 Å². The number of rotatable bonds is 6. The summed E-state index contributed by atoms with van der Waals surface area (Å²) in [4.78, 5) is 4.04. The fourth-order valence-corrected chi connectivity index (χ4v) is 1.72. The molecule has 0 spiro atoms. The molecule has 0 amide bonds. The van der Waals surface area contributed by atoms with E-state index in [1.807, 2.05) is 6.92 Å². The molecule has 1 aromatic rings. The van der Waals surface area contributed by atoms with Crippen molar-refractivity contribution in [2.75, 3.05) is 20.7 Å². The molecule has 0 atom stereocenters. The SMILES string of the molecule is CCOc1ncccc1CNS(=O)(=O)N(C)C. The lowest BCUT2D eigenvalue weighted by atomic mass is 10.3. The largest absolute Gasteiger partial charge is 0.478 e. The van der Waals surface area contributed by atoms with Gasteiger partial charge in [-0.05, 0) is 13.0 Å². The summed E-state index contributed by atoms with van der Waals surface area (Å²) in [5, 5.41) is 0. The molecule has 96 valence electrons. The van der Waals surface area contributed by atoms with E-state index in [-0.39, 0.29) is 6.54 Å². The Hall–Kier alpha value is -1.18. The second-order valence-electron chi connectivity index (χ2n) is 3.51. The molecule has 0 aliphatic carbocycles. The van der Waals surface area contributed by atoms with Gasteiger partial charge in [0.25, 0.3) is 10.2 Å². The van der Waals surface area contributed by atoms with Crippen molar-refractivity contribution < 1.29 is 13.2 Å². The van der Waals surface area contributed by atoms with Crippen LogP contribution in [-0.4, -0.2) is 38.4 Å². The molecule has 17 heavy (non-hydrogen) atoms. The first-order valence-corrected chi connectivity index (χ1v) is 6.65. The van der Waals surface area contributed by atoms with E-state index in [1.165, 1.54) is 14.1 Å². The molecule has 1 heterocycles. The van der Waals surface area contributed by atoms with Crippen molar-refractivity contribution in [1.82, 2.24) is 14.0 Å². The third-order valence-corrected chi connectivity index (χ3v) is 3.53. The van der Waals surface area contributed by atoms with E-state index in [0.717, 1.165) is 4.31 Å². The predicted molar refractivity (Wildman–Crippen MR) is 64.9 cm³/mol. The average molecular weight is 259 g/mol. The molecule has 0 saturated carbocycles. The van der Waals surface area contributed by atoms with Crippen LogP contribution in [0.2, 0.25) is 0 Å². The summed E-state index contributed by atoms with van der Waals surface area (Å²) in [6.07, 6.45) is 1.61. The van der Waals surface area contributed by atoms with Crippen molar-refractivity contribution in [3.05, 3.63) is 23.9 Å². The highest BCUT2D eigenvalue weighted by Crippen LogP contribution is 2.14. The molecule has 0 bridgehead atoms. The Kier molecular flexibility index (Phi) is 4.86. The number of aromatic nitrogens is 1. The lowest BCUT2D eigenvalue weighted by molar-refractivity contribution is 0.322. The molecule has 0 aliphatic rings. The lowest BCUT2D eigenvalue weighted by Gasteiger charge is -2.13. The molecule has 1 aromatic heterocycles. The Bertz CT molecular complexity index is 460. The van der Waals surface area contributed by atoms with Gasteiger partial charge in [0.05, 0.1) is 6.61 Å². The summed E-state index contributed by atoms with van der Waals surface area (Å²) >= 11 is 0. The van der Waals surface area contributed by atoms with E-state index >= 15 is 0 Å². The molecule has 0 aromatic carbocycles. The minimum atomic E-state index is -3.43. The van der Waals surface area contributed by atoms with Crippen molar-refractivity contribution in [3.63, 3.8) is 0 Å². The third kappa shape index (κ3) is 3.95. The van der Waals surface area contributed by atoms with Gasteiger partial charge in [-0.3, -0.25) is 0 Å². The molecule has 0 fully saturated rings. The van der Waals surface area contributed by atoms with Gasteiger partial charge in [0.15, 0.2) is 0 Å². The molecule has 7 heteroatoms. The van der Waals surface area contributed by atoms with Gasteiger partial charge in [0, 0.05) is 32.4 Å². The second kappa shape index (κ2) is 5.95. The topological polar surface area (TPSA) is 71.5 Å². The van der Waals surface area contributed by atoms with Crippen LogP contribution >= 0.6 is 0 Å². The van der Waals surface area contributed by atoms with Crippen LogP contribution in [0, 0.1) is 0 Å². The first-order valence-electron chi connectivity index (χ1n) is 5.21. The summed E-state index contributed by atoms with van der Waals surface area (Å²) in [7, 11) is -0.494. The van der Waals surface area contributed by atoms with Crippen molar-refractivity contribution in [1.29, 1.82) is 0 Å². The molecular weight excluding hydrogens is 242 g/mol. The Morgan fingerprint density at radius 1 is 1.47 bits per heavy atom. The van der Waals surface area contributed by atoms with E-state index in [2.05, 4.69) is 9.71 Å². The molecule has 1 rings (SSSR count). The maximum Gasteiger partial charge on any atom is 0.279 e. The minimum Gasteiger partial charge on any atom is -0.478 e. The highest BCUT2D eigenvalue weighted by molar-refractivity contribution is 7.87. The Morgan fingerprint density at radius 2 is 2.18 bits per heavy atom. The normalized spacial score (nSPS) is 11.8. The van der Waals surface area contributed by atoms with Crippen LogP contribution in [0.3, 0.4) is 0 Å². The monoisotopic (exact) mass is 259 g/mol. The van der Waals surface area contributed by atoms with Gasteiger partial charge in [-0.2, -0.15) is 17.4 Å². The average Bonchev–Trinajstić information content (AvgIpc) is 2.28. The summed E-state index contributed by atoms with van der Waals surface area (Å²) in [5.74, 6) is 0.455. The number of hydrogen-bond acceptors (Lipinski definition) is 4. The van der Waals surface area contributed by atoms with Gasteiger partial charge in [0.2, 0.25) is 5.88 Å². The summed E-state index contributed by atoms with van der Waals surface area (Å²) in [5.41, 5.74) is 0.708. The standard InChI is InChI=1S/C10H17N3O3S/c1-4-16-10-9(6-5-7-11-10)8-12-17(14,15)13(2)3/h5-7,12H,4,8H2,1-3H3. The summed E-state index contributed by atoms with van der Waals surface area (Å²) in [6.45, 7) is 2.50. The van der Waals surface area contributed by atoms with Crippen LogP contribution in [-0.2, 0) is 16.8 Å². The van der Waals surface area contributed by atoms with Crippen LogP contribution < -0.4 is 9.46 Å². The first kappa shape index (κ1) is 13.9. The second-order valence-corrected chi connectivity index (χ2v) is 5.48. The summed E-state index contributed by atoms with van der Waals surface area (Å²) in [6, 6.07) is 3.51. The summed E-state index contributed by atoms with van der Waals surface area (Å²) < 4.78 is 31.9. The van der Waals surface area contributed by atoms with Crippen molar-refractivity contribution >= 4 is 10.2 Å². The molecular formula is C10H17N3O3S. The molecule has 0 unspecified atom stereocenters. The van der Waals surface area contributed by atoms with E-state index in [1.54, 1.807) is 18.3 Å². The predicted octanol–water partition coefficient (Wildman–Crippen LogP) is 0.376. The Labute approximate surface area is 102 Å². The van der Waals surface area contributed by atoms with Crippen molar-refractivity contribution in [2.24, 2.45) is 0 Å². The zero-order valence-electron chi connectivity index (χ0n) is 10.2. The van der Waals surface area contributed by atoms with Crippen LogP contribution in [0.5, 0.6) is 5.88 Å². The van der Waals surface area contributed by atoms with Crippen LogP contribution in [0.25, 0.3) is 0 Å². The first-order chi connectivity index (χ1) is 7.97. The highest BCUT2D eigenvalue weighted by atomic mass is 32.2. The van der Waals surface area contributed by atoms with Gasteiger partial charge in [0.1, 0.15) is 0 Å². The van der Waals surface area contributed by atoms with Gasteiger partial charge in [-0.15, -0.1) is 0 Å². The molecule has 6 nitrogen and oxygen atoms in total. The smallest absolute Gasteiger partial charge is 0.279 e. The third-order valence-electron chi connectivity index (χ3n) is 2.06. The van der Waals surface area contributed by atoms with E-state index in [0.29, 0.717) is 18.1 Å². The molecule has 0 saturated heterocycles. The maximum atomic E-state index is 11.5. The number of nitrogens with one attached hydrogen (secondary N) is 1. The number of pyridine rings is 1. The fourth-order valence-electron chi connectivity index (χ4n) is 1.12. The molecule has 1 N–H and O–H groups in total. The number of ether oxygens (including phenoxy) is 1. The van der Waals surface area contributed by atoms with Crippen molar-refractivity contribution in [3.8, 4) is 5.88 Å². The Morgan fingerprint density at radius 3 is 2.76 bits per heavy atom. The van der Waals surface area contributed by atoms with Gasteiger partial charge in [-0.1, -0.05) is 6.07 Å². The number of hydrogen-bond donors (Lipinski definition) is 1. The van der Waals surface area contributed by atoms with Crippen LogP contribution in [0.4, 0.5) is 0 Å². The fraction of sp³-hybridized carbons (Fsp3) is 0.500. The van der Waals surface area contributed by atoms with Gasteiger partial charge < -0.3 is 4.74 Å². The van der Waals surface area contributed by atoms with E-state index in [9.17, 15) is 8.42 Å². The molecule has 0 aliphatic heterocycles. The minimum absolute atomic E-state index is 0.156. The zero-order valence-corrected chi connectivity index (χ0v) is 11.0.